The molecule has 5 heteroatoms. The predicted molar refractivity (Wildman–Crippen MR) is 279 cm³/mol. The van der Waals surface area contributed by atoms with E-state index < -0.39 is 0 Å². The Labute approximate surface area is 383 Å². The Balaban J connectivity index is 1.08. The molecule has 0 amide bonds. The van der Waals surface area contributed by atoms with Gasteiger partial charge in [-0.25, -0.2) is 15.0 Å². The van der Waals surface area contributed by atoms with Crippen LogP contribution >= 0.6 is 11.3 Å². The molecule has 0 N–H and O–H groups in total. The van der Waals surface area contributed by atoms with Crippen molar-refractivity contribution in [1.29, 1.82) is 0 Å². The van der Waals surface area contributed by atoms with E-state index in [1.165, 1.54) is 68.6 Å². The highest BCUT2D eigenvalue weighted by molar-refractivity contribution is 7.26. The van der Waals surface area contributed by atoms with Crippen molar-refractivity contribution in [2.45, 2.75) is 0 Å². The van der Waals surface area contributed by atoms with Gasteiger partial charge in [0.25, 0.3) is 0 Å². The maximum Gasteiger partial charge on any atom is 0.164 e. The number of thiophene rings is 1. The SMILES string of the molecule is c1ccc(-c2nc(-c3ccc(-n4c5ccccc5c5cc6ccccc6cc54)cc3-c3cccc4sc5c6ccccc6ccc5c34)nc(-c3cccc4c3ccc3ccccc34)n2)cc1. The zero-order valence-corrected chi connectivity index (χ0v) is 36.3. The van der Waals surface area contributed by atoms with Gasteiger partial charge in [0.1, 0.15) is 0 Å². The molecular weight excluding hydrogens is 821 g/mol. The van der Waals surface area contributed by atoms with Gasteiger partial charge in [0.15, 0.2) is 17.5 Å². The number of hydrogen-bond donors (Lipinski definition) is 0. The summed E-state index contributed by atoms with van der Waals surface area (Å²) in [5.74, 6) is 1.88. The molecule has 0 spiro atoms. The van der Waals surface area contributed by atoms with Crippen LogP contribution < -0.4 is 0 Å². The molecule has 0 fully saturated rings. The second kappa shape index (κ2) is 14.5. The molecule has 14 aromatic rings. The third kappa shape index (κ3) is 5.67. The van der Waals surface area contributed by atoms with Gasteiger partial charge in [-0.3, -0.25) is 0 Å². The standard InChI is InChI=1S/C61H36N4S/c1-2-16-39(17-3-1)59-62-60(49-25-12-23-45-43-20-8-6-14-37(43)28-31-46(45)49)64-61(63-59)50-33-30-42(65-54-26-11-10-22-47(54)53-34-40-18-4-5-19-41(40)35-55(53)65)36-52(50)48-24-13-27-56-57(48)51-32-29-38-15-7-9-21-44(38)58(51)66-56/h1-36H. The van der Waals surface area contributed by atoms with Gasteiger partial charge in [0.05, 0.1) is 11.0 Å². The van der Waals surface area contributed by atoms with E-state index in [1.54, 1.807) is 0 Å². The molecule has 4 nitrogen and oxygen atoms in total. The van der Waals surface area contributed by atoms with Crippen molar-refractivity contribution in [3.05, 3.63) is 218 Å². The molecule has 0 bridgehead atoms. The van der Waals surface area contributed by atoms with Crippen molar-refractivity contribution in [2.24, 2.45) is 0 Å². The van der Waals surface area contributed by atoms with Crippen LogP contribution in [0, 0.1) is 0 Å². The van der Waals surface area contributed by atoms with Crippen LogP contribution in [0.3, 0.4) is 0 Å². The highest BCUT2D eigenvalue weighted by Gasteiger charge is 2.22. The van der Waals surface area contributed by atoms with E-state index in [2.05, 4.69) is 205 Å². The first-order valence-electron chi connectivity index (χ1n) is 22.3. The second-order valence-corrected chi connectivity index (χ2v) is 18.2. The zero-order chi connectivity index (χ0) is 43.3. The lowest BCUT2D eigenvalue weighted by atomic mass is 9.93. The van der Waals surface area contributed by atoms with Crippen LogP contribution in [0.15, 0.2) is 218 Å². The monoisotopic (exact) mass is 856 g/mol. The lowest BCUT2D eigenvalue weighted by molar-refractivity contribution is 1.08. The van der Waals surface area contributed by atoms with Gasteiger partial charge in [-0.15, -0.1) is 11.3 Å². The van der Waals surface area contributed by atoms with Gasteiger partial charge in [-0.2, -0.15) is 0 Å². The molecule has 66 heavy (non-hydrogen) atoms. The smallest absolute Gasteiger partial charge is 0.164 e. The normalized spacial score (nSPS) is 11.9. The average molecular weight is 857 g/mol. The fourth-order valence-electron chi connectivity index (χ4n) is 10.4. The van der Waals surface area contributed by atoms with E-state index in [4.69, 9.17) is 15.0 Å². The molecule has 0 aliphatic heterocycles. The maximum atomic E-state index is 5.49. The Kier molecular flexibility index (Phi) is 8.12. The van der Waals surface area contributed by atoms with Crippen molar-refractivity contribution >= 4 is 96.4 Å². The first-order valence-corrected chi connectivity index (χ1v) is 23.2. The number of hydrogen-bond acceptors (Lipinski definition) is 4. The van der Waals surface area contributed by atoms with Crippen LogP contribution in [0.5, 0.6) is 0 Å². The zero-order valence-electron chi connectivity index (χ0n) is 35.5. The first kappa shape index (κ1) is 36.9. The van der Waals surface area contributed by atoms with Crippen LogP contribution in [-0.4, -0.2) is 19.5 Å². The van der Waals surface area contributed by atoms with Crippen LogP contribution in [0.25, 0.3) is 136 Å². The van der Waals surface area contributed by atoms with Crippen LogP contribution in [-0.2, 0) is 0 Å². The Bertz CT molecular complexity index is 4300. The summed E-state index contributed by atoms with van der Waals surface area (Å²) in [7, 11) is 0. The van der Waals surface area contributed by atoms with E-state index in [9.17, 15) is 0 Å². The average Bonchev–Trinajstić information content (AvgIpc) is 3.93. The minimum absolute atomic E-state index is 0.619. The molecule has 0 aliphatic carbocycles. The summed E-state index contributed by atoms with van der Waals surface area (Å²) in [5.41, 5.74) is 8.41. The molecule has 0 saturated carbocycles. The lowest BCUT2D eigenvalue weighted by Gasteiger charge is -2.17. The Morgan fingerprint density at radius 1 is 0.318 bits per heavy atom. The highest BCUT2D eigenvalue weighted by Crippen LogP contribution is 2.46. The Hall–Kier alpha value is -8.51. The predicted octanol–water partition coefficient (Wildman–Crippen LogP) is 16.6. The quantitative estimate of drug-likeness (QED) is 0.162. The number of nitrogens with zero attached hydrogens (tertiary/aromatic N) is 4. The molecule has 0 radical (unpaired) electrons. The summed E-state index contributed by atoms with van der Waals surface area (Å²) < 4.78 is 4.96. The molecular formula is C61H36N4S. The highest BCUT2D eigenvalue weighted by atomic mass is 32.1. The number of benzene rings is 11. The summed E-state index contributed by atoms with van der Waals surface area (Å²) in [6.45, 7) is 0. The lowest BCUT2D eigenvalue weighted by Crippen LogP contribution is -2.02. The molecule has 3 heterocycles. The van der Waals surface area contributed by atoms with Crippen molar-refractivity contribution in [2.75, 3.05) is 0 Å². The van der Waals surface area contributed by atoms with Crippen LogP contribution in [0.1, 0.15) is 0 Å². The molecule has 0 aliphatic rings. The fraction of sp³-hybridized carbons (Fsp3) is 0. The van der Waals surface area contributed by atoms with Crippen LogP contribution in [0.4, 0.5) is 0 Å². The van der Waals surface area contributed by atoms with E-state index in [1.807, 2.05) is 29.5 Å². The topological polar surface area (TPSA) is 43.6 Å². The van der Waals surface area contributed by atoms with Crippen molar-refractivity contribution in [3.8, 4) is 51.0 Å². The van der Waals surface area contributed by atoms with E-state index in [0.717, 1.165) is 49.9 Å². The Morgan fingerprint density at radius 2 is 0.939 bits per heavy atom. The third-order valence-electron chi connectivity index (χ3n) is 13.4. The largest absolute Gasteiger partial charge is 0.309 e. The minimum atomic E-state index is 0.619. The van der Waals surface area contributed by atoms with Gasteiger partial charge in [-0.05, 0) is 96.7 Å². The van der Waals surface area contributed by atoms with E-state index >= 15 is 0 Å². The molecule has 14 rings (SSSR count). The van der Waals surface area contributed by atoms with Crippen molar-refractivity contribution < 1.29 is 0 Å². The molecule has 0 atom stereocenters. The van der Waals surface area contributed by atoms with Crippen LogP contribution in [0.2, 0.25) is 0 Å². The number of para-hydroxylation sites is 1. The molecule has 0 saturated heterocycles. The minimum Gasteiger partial charge on any atom is -0.309 e. The van der Waals surface area contributed by atoms with Gasteiger partial charge >= 0.3 is 0 Å². The first-order chi connectivity index (χ1) is 32.7. The van der Waals surface area contributed by atoms with Gasteiger partial charge in [-0.1, -0.05) is 176 Å². The summed E-state index contributed by atoms with van der Waals surface area (Å²) in [5, 5.41) is 14.5. The molecule has 306 valence electrons. The van der Waals surface area contributed by atoms with Gasteiger partial charge in [0.2, 0.25) is 0 Å². The van der Waals surface area contributed by atoms with Gasteiger partial charge < -0.3 is 4.57 Å². The Morgan fingerprint density at radius 3 is 1.77 bits per heavy atom. The summed E-state index contributed by atoms with van der Waals surface area (Å²) in [4.78, 5) is 16.1. The van der Waals surface area contributed by atoms with Gasteiger partial charge in [0, 0.05) is 53.3 Å². The maximum absolute atomic E-state index is 5.49. The second-order valence-electron chi connectivity index (χ2n) is 17.1. The summed E-state index contributed by atoms with van der Waals surface area (Å²) in [6.07, 6.45) is 0. The molecule has 3 aromatic heterocycles. The van der Waals surface area contributed by atoms with Crippen molar-refractivity contribution in [3.63, 3.8) is 0 Å². The molecule has 11 aromatic carbocycles. The number of aromatic nitrogens is 4. The fourth-order valence-corrected chi connectivity index (χ4v) is 11.6. The third-order valence-corrected chi connectivity index (χ3v) is 14.6. The summed E-state index contributed by atoms with van der Waals surface area (Å²) in [6, 6.07) is 78.7. The van der Waals surface area contributed by atoms with Crippen molar-refractivity contribution in [1.82, 2.24) is 19.5 Å². The molecule has 0 unspecified atom stereocenters. The van der Waals surface area contributed by atoms with E-state index in [-0.39, 0.29) is 0 Å². The summed E-state index contributed by atoms with van der Waals surface area (Å²) >= 11 is 1.86. The van der Waals surface area contributed by atoms with E-state index in [0.29, 0.717) is 17.5 Å². The number of rotatable bonds is 5. The number of fused-ring (bicyclic) bond motifs is 12.